The summed E-state index contributed by atoms with van der Waals surface area (Å²) in [4.78, 5) is 4.16. The highest BCUT2D eigenvalue weighted by atomic mass is 32.1. The molecule has 0 aliphatic rings. The standard InChI is InChI=1S/C9H17N3S/c1-2-8(3-4-10)7-12-9-11-5-6-13-9/h5-6,8H,2-4,7,10H2,1H3,(H,11,12). The van der Waals surface area contributed by atoms with E-state index in [0.29, 0.717) is 5.92 Å². The summed E-state index contributed by atoms with van der Waals surface area (Å²) in [7, 11) is 0. The molecular weight excluding hydrogens is 182 g/mol. The molecule has 0 fully saturated rings. The van der Waals surface area contributed by atoms with Crippen molar-refractivity contribution in [2.45, 2.75) is 19.8 Å². The molecule has 0 saturated carbocycles. The monoisotopic (exact) mass is 199 g/mol. The molecule has 0 aromatic carbocycles. The van der Waals surface area contributed by atoms with Crippen molar-refractivity contribution in [3.63, 3.8) is 0 Å². The molecule has 0 bridgehead atoms. The molecule has 1 heterocycles. The Morgan fingerprint density at radius 1 is 1.69 bits per heavy atom. The lowest BCUT2D eigenvalue weighted by Gasteiger charge is -2.13. The van der Waals surface area contributed by atoms with Gasteiger partial charge in [0.2, 0.25) is 0 Å². The molecule has 74 valence electrons. The number of thiazole rings is 1. The zero-order chi connectivity index (χ0) is 9.52. The van der Waals surface area contributed by atoms with Gasteiger partial charge in [0.1, 0.15) is 0 Å². The van der Waals surface area contributed by atoms with Crippen LogP contribution in [0.3, 0.4) is 0 Å². The Kier molecular flexibility index (Phi) is 4.78. The van der Waals surface area contributed by atoms with Crippen LogP contribution in [-0.4, -0.2) is 18.1 Å². The second-order valence-corrected chi connectivity index (χ2v) is 3.96. The van der Waals surface area contributed by atoms with Crippen LogP contribution in [0, 0.1) is 5.92 Å². The van der Waals surface area contributed by atoms with Crippen molar-refractivity contribution in [1.82, 2.24) is 4.98 Å². The van der Waals surface area contributed by atoms with E-state index in [4.69, 9.17) is 5.73 Å². The van der Waals surface area contributed by atoms with E-state index in [2.05, 4.69) is 17.2 Å². The molecular formula is C9H17N3S. The predicted octanol–water partition coefficient (Wildman–Crippen LogP) is 1.93. The van der Waals surface area contributed by atoms with Crippen LogP contribution in [0.1, 0.15) is 19.8 Å². The highest BCUT2D eigenvalue weighted by molar-refractivity contribution is 7.13. The van der Waals surface area contributed by atoms with Crippen LogP contribution in [0.15, 0.2) is 11.6 Å². The van der Waals surface area contributed by atoms with Crippen LogP contribution < -0.4 is 11.1 Å². The fourth-order valence-corrected chi connectivity index (χ4v) is 1.77. The maximum absolute atomic E-state index is 5.51. The Bertz CT molecular complexity index is 211. The van der Waals surface area contributed by atoms with Crippen molar-refractivity contribution in [2.24, 2.45) is 11.7 Å². The molecule has 3 N–H and O–H groups in total. The average molecular weight is 199 g/mol. The van der Waals surface area contributed by atoms with E-state index < -0.39 is 0 Å². The van der Waals surface area contributed by atoms with Crippen molar-refractivity contribution >= 4 is 16.5 Å². The highest BCUT2D eigenvalue weighted by Gasteiger charge is 2.04. The molecule has 0 saturated heterocycles. The Hall–Kier alpha value is -0.610. The van der Waals surface area contributed by atoms with E-state index in [1.807, 2.05) is 11.6 Å². The Morgan fingerprint density at radius 3 is 3.08 bits per heavy atom. The Morgan fingerprint density at radius 2 is 2.54 bits per heavy atom. The molecule has 1 unspecified atom stereocenters. The normalized spacial score (nSPS) is 12.8. The molecule has 0 radical (unpaired) electrons. The number of hydrogen-bond donors (Lipinski definition) is 2. The molecule has 3 nitrogen and oxygen atoms in total. The van der Waals surface area contributed by atoms with Crippen molar-refractivity contribution in [1.29, 1.82) is 0 Å². The third kappa shape index (κ3) is 3.74. The van der Waals surface area contributed by atoms with Crippen LogP contribution in [0.25, 0.3) is 0 Å². The first-order valence-corrected chi connectivity index (χ1v) is 5.58. The van der Waals surface area contributed by atoms with Gasteiger partial charge in [0.05, 0.1) is 0 Å². The van der Waals surface area contributed by atoms with E-state index >= 15 is 0 Å². The summed E-state index contributed by atoms with van der Waals surface area (Å²) < 4.78 is 0. The Balaban J connectivity index is 2.23. The molecule has 1 aromatic heterocycles. The minimum Gasteiger partial charge on any atom is -0.361 e. The first kappa shape index (κ1) is 10.5. The summed E-state index contributed by atoms with van der Waals surface area (Å²) >= 11 is 1.64. The second kappa shape index (κ2) is 5.94. The van der Waals surface area contributed by atoms with Crippen molar-refractivity contribution in [2.75, 3.05) is 18.4 Å². The molecule has 0 aliphatic heterocycles. The van der Waals surface area contributed by atoms with Crippen molar-refractivity contribution < 1.29 is 0 Å². The molecule has 1 atom stereocenters. The van der Waals surface area contributed by atoms with Gasteiger partial charge in [-0.25, -0.2) is 4.98 Å². The van der Waals surface area contributed by atoms with Crippen LogP contribution in [0.4, 0.5) is 5.13 Å². The SMILES string of the molecule is CCC(CCN)CNc1nccs1. The van der Waals surface area contributed by atoms with Gasteiger partial charge < -0.3 is 11.1 Å². The van der Waals surface area contributed by atoms with E-state index in [0.717, 1.165) is 24.6 Å². The van der Waals surface area contributed by atoms with Gasteiger partial charge in [-0.2, -0.15) is 0 Å². The van der Waals surface area contributed by atoms with Gasteiger partial charge in [0.25, 0.3) is 0 Å². The van der Waals surface area contributed by atoms with E-state index in [1.54, 1.807) is 11.3 Å². The summed E-state index contributed by atoms with van der Waals surface area (Å²) in [6.07, 6.45) is 4.08. The lowest BCUT2D eigenvalue weighted by molar-refractivity contribution is 0.501. The second-order valence-electron chi connectivity index (χ2n) is 3.07. The quantitative estimate of drug-likeness (QED) is 0.736. The summed E-state index contributed by atoms with van der Waals surface area (Å²) in [6.45, 7) is 3.96. The van der Waals surface area contributed by atoms with Gasteiger partial charge in [-0.1, -0.05) is 13.3 Å². The summed E-state index contributed by atoms with van der Waals surface area (Å²) in [5.41, 5.74) is 5.51. The third-order valence-electron chi connectivity index (χ3n) is 2.13. The number of nitrogens with one attached hydrogen (secondary N) is 1. The molecule has 0 amide bonds. The smallest absolute Gasteiger partial charge is 0.182 e. The van der Waals surface area contributed by atoms with Crippen molar-refractivity contribution in [3.05, 3.63) is 11.6 Å². The van der Waals surface area contributed by atoms with Gasteiger partial charge in [-0.15, -0.1) is 11.3 Å². The molecule has 1 aromatic rings. The summed E-state index contributed by atoms with van der Waals surface area (Å²) in [5.74, 6) is 0.675. The maximum Gasteiger partial charge on any atom is 0.182 e. The number of anilines is 1. The number of rotatable bonds is 6. The maximum atomic E-state index is 5.51. The fourth-order valence-electron chi connectivity index (χ4n) is 1.23. The van der Waals surface area contributed by atoms with Gasteiger partial charge in [-0.3, -0.25) is 0 Å². The lowest BCUT2D eigenvalue weighted by atomic mass is 10.0. The van der Waals surface area contributed by atoms with Gasteiger partial charge in [-0.05, 0) is 18.9 Å². The minimum absolute atomic E-state index is 0.675. The minimum atomic E-state index is 0.675. The number of nitrogens with two attached hydrogens (primary N) is 1. The molecule has 4 heteroatoms. The zero-order valence-electron chi connectivity index (χ0n) is 7.99. The highest BCUT2D eigenvalue weighted by Crippen LogP contribution is 2.13. The first-order valence-electron chi connectivity index (χ1n) is 4.70. The van der Waals surface area contributed by atoms with Crippen LogP contribution >= 0.6 is 11.3 Å². The number of aromatic nitrogens is 1. The zero-order valence-corrected chi connectivity index (χ0v) is 8.81. The molecule has 0 aliphatic carbocycles. The van der Waals surface area contributed by atoms with Crippen LogP contribution in [-0.2, 0) is 0 Å². The number of hydrogen-bond acceptors (Lipinski definition) is 4. The van der Waals surface area contributed by atoms with E-state index in [1.165, 1.54) is 6.42 Å². The molecule has 1 rings (SSSR count). The van der Waals surface area contributed by atoms with Crippen LogP contribution in [0.2, 0.25) is 0 Å². The topological polar surface area (TPSA) is 50.9 Å². The number of nitrogens with zero attached hydrogens (tertiary/aromatic N) is 1. The van der Waals surface area contributed by atoms with Gasteiger partial charge in [0.15, 0.2) is 5.13 Å². The summed E-state index contributed by atoms with van der Waals surface area (Å²) in [6, 6.07) is 0. The lowest BCUT2D eigenvalue weighted by Crippen LogP contribution is -2.17. The largest absolute Gasteiger partial charge is 0.361 e. The fraction of sp³-hybridized carbons (Fsp3) is 0.667. The molecule has 0 spiro atoms. The average Bonchev–Trinajstić information content (AvgIpc) is 2.64. The van der Waals surface area contributed by atoms with Crippen molar-refractivity contribution in [3.8, 4) is 0 Å². The first-order chi connectivity index (χ1) is 6.36. The molecule has 13 heavy (non-hydrogen) atoms. The predicted molar refractivity (Wildman–Crippen MR) is 58.1 cm³/mol. The van der Waals surface area contributed by atoms with Gasteiger partial charge >= 0.3 is 0 Å². The Labute approximate surface area is 83.4 Å². The van der Waals surface area contributed by atoms with Gasteiger partial charge in [0, 0.05) is 18.1 Å². The van der Waals surface area contributed by atoms with E-state index in [-0.39, 0.29) is 0 Å². The third-order valence-corrected chi connectivity index (χ3v) is 2.86. The van der Waals surface area contributed by atoms with Crippen LogP contribution in [0.5, 0.6) is 0 Å². The van der Waals surface area contributed by atoms with E-state index in [9.17, 15) is 0 Å². The summed E-state index contributed by atoms with van der Waals surface area (Å²) in [5, 5.41) is 6.30.